The predicted molar refractivity (Wildman–Crippen MR) is 66.9 cm³/mol. The lowest BCUT2D eigenvalue weighted by Crippen LogP contribution is -2.33. The lowest BCUT2D eigenvalue weighted by atomic mass is 9.78. The van der Waals surface area contributed by atoms with Crippen molar-refractivity contribution >= 4 is 0 Å². The highest BCUT2D eigenvalue weighted by Gasteiger charge is 2.36. The monoisotopic (exact) mass is 219 g/mol. The van der Waals surface area contributed by atoms with Crippen molar-refractivity contribution in [3.05, 3.63) is 29.8 Å². The van der Waals surface area contributed by atoms with Crippen LogP contribution in [0.25, 0.3) is 0 Å². The molecule has 0 radical (unpaired) electrons. The standard InChI is InChI=1S/C14H21NO/c1-11-14(2,8-9-15-11)10-12-6-4-5-7-13(12)16-3/h4-7,11,15H,8-10H2,1-3H3. The molecule has 1 saturated heterocycles. The first-order chi connectivity index (χ1) is 7.65. The molecular formula is C14H21NO. The van der Waals surface area contributed by atoms with E-state index in [0.29, 0.717) is 11.5 Å². The number of para-hydroxylation sites is 1. The number of hydrogen-bond acceptors (Lipinski definition) is 2. The summed E-state index contributed by atoms with van der Waals surface area (Å²) >= 11 is 0. The molecule has 0 bridgehead atoms. The lowest BCUT2D eigenvalue weighted by molar-refractivity contribution is 0.287. The summed E-state index contributed by atoms with van der Waals surface area (Å²) in [4.78, 5) is 0. The van der Waals surface area contributed by atoms with Gasteiger partial charge >= 0.3 is 0 Å². The molecule has 1 fully saturated rings. The van der Waals surface area contributed by atoms with Crippen LogP contribution in [0.1, 0.15) is 25.8 Å². The molecule has 0 aromatic heterocycles. The fourth-order valence-electron chi connectivity index (χ4n) is 2.56. The van der Waals surface area contributed by atoms with Gasteiger partial charge in [0, 0.05) is 6.04 Å². The van der Waals surface area contributed by atoms with Gasteiger partial charge in [0.25, 0.3) is 0 Å². The number of rotatable bonds is 3. The van der Waals surface area contributed by atoms with Crippen LogP contribution in [-0.4, -0.2) is 19.7 Å². The van der Waals surface area contributed by atoms with Gasteiger partial charge in [-0.15, -0.1) is 0 Å². The fraction of sp³-hybridized carbons (Fsp3) is 0.571. The highest BCUT2D eigenvalue weighted by Crippen LogP contribution is 2.36. The summed E-state index contributed by atoms with van der Waals surface area (Å²) in [5.74, 6) is 1.02. The molecule has 2 nitrogen and oxygen atoms in total. The Morgan fingerprint density at radius 1 is 1.44 bits per heavy atom. The van der Waals surface area contributed by atoms with E-state index in [9.17, 15) is 0 Å². The van der Waals surface area contributed by atoms with Gasteiger partial charge in [0.15, 0.2) is 0 Å². The molecule has 0 saturated carbocycles. The molecule has 1 heterocycles. The van der Waals surface area contributed by atoms with Gasteiger partial charge in [0.05, 0.1) is 7.11 Å². The summed E-state index contributed by atoms with van der Waals surface area (Å²) in [6.07, 6.45) is 2.33. The van der Waals surface area contributed by atoms with E-state index in [1.165, 1.54) is 12.0 Å². The maximum atomic E-state index is 5.42. The Morgan fingerprint density at radius 3 is 2.81 bits per heavy atom. The third-order valence-electron chi connectivity index (χ3n) is 3.98. The molecule has 1 aromatic carbocycles. The van der Waals surface area contributed by atoms with Crippen LogP contribution in [0, 0.1) is 5.41 Å². The molecule has 2 heteroatoms. The van der Waals surface area contributed by atoms with E-state index in [4.69, 9.17) is 4.74 Å². The van der Waals surface area contributed by atoms with Crippen molar-refractivity contribution < 1.29 is 4.74 Å². The fourth-order valence-corrected chi connectivity index (χ4v) is 2.56. The Labute approximate surface area is 98.0 Å². The van der Waals surface area contributed by atoms with Gasteiger partial charge in [0.1, 0.15) is 5.75 Å². The quantitative estimate of drug-likeness (QED) is 0.843. The lowest BCUT2D eigenvalue weighted by Gasteiger charge is -2.29. The van der Waals surface area contributed by atoms with Crippen LogP contribution in [-0.2, 0) is 6.42 Å². The molecule has 2 atom stereocenters. The second kappa shape index (κ2) is 4.46. The van der Waals surface area contributed by atoms with Crippen LogP contribution in [0.15, 0.2) is 24.3 Å². The Balaban J connectivity index is 2.20. The molecule has 88 valence electrons. The normalized spacial score (nSPS) is 29.3. The van der Waals surface area contributed by atoms with Gasteiger partial charge in [-0.25, -0.2) is 0 Å². The van der Waals surface area contributed by atoms with E-state index in [1.807, 2.05) is 12.1 Å². The first kappa shape index (κ1) is 11.5. The van der Waals surface area contributed by atoms with Gasteiger partial charge in [-0.3, -0.25) is 0 Å². The van der Waals surface area contributed by atoms with Gasteiger partial charge in [-0.2, -0.15) is 0 Å². The predicted octanol–water partition coefficient (Wildman–Crippen LogP) is 2.63. The molecule has 0 aliphatic carbocycles. The van der Waals surface area contributed by atoms with Crippen molar-refractivity contribution in [2.24, 2.45) is 5.41 Å². The molecule has 1 aliphatic rings. The molecule has 0 spiro atoms. The average Bonchev–Trinajstić information content (AvgIpc) is 2.60. The third kappa shape index (κ3) is 2.07. The summed E-state index contributed by atoms with van der Waals surface area (Å²) in [6, 6.07) is 8.92. The van der Waals surface area contributed by atoms with Crippen molar-refractivity contribution in [2.75, 3.05) is 13.7 Å². The Morgan fingerprint density at radius 2 is 2.19 bits per heavy atom. The molecule has 1 aliphatic heterocycles. The maximum absolute atomic E-state index is 5.42. The molecule has 16 heavy (non-hydrogen) atoms. The first-order valence-corrected chi connectivity index (χ1v) is 6.01. The van der Waals surface area contributed by atoms with Crippen molar-refractivity contribution in [1.29, 1.82) is 0 Å². The minimum atomic E-state index is 0.356. The van der Waals surface area contributed by atoms with Crippen LogP contribution < -0.4 is 10.1 Å². The molecule has 2 unspecified atom stereocenters. The largest absolute Gasteiger partial charge is 0.496 e. The number of methoxy groups -OCH3 is 1. The van der Waals surface area contributed by atoms with E-state index in [2.05, 4.69) is 31.3 Å². The van der Waals surface area contributed by atoms with Crippen molar-refractivity contribution in [3.63, 3.8) is 0 Å². The second-order valence-corrected chi connectivity index (χ2v) is 5.07. The third-order valence-corrected chi connectivity index (χ3v) is 3.98. The van der Waals surface area contributed by atoms with Gasteiger partial charge in [-0.05, 0) is 43.4 Å². The van der Waals surface area contributed by atoms with E-state index in [-0.39, 0.29) is 0 Å². The minimum Gasteiger partial charge on any atom is -0.496 e. The van der Waals surface area contributed by atoms with Crippen LogP contribution >= 0.6 is 0 Å². The van der Waals surface area contributed by atoms with Crippen LogP contribution in [0.2, 0.25) is 0 Å². The summed E-state index contributed by atoms with van der Waals surface area (Å²) in [7, 11) is 1.75. The van der Waals surface area contributed by atoms with Gasteiger partial charge < -0.3 is 10.1 Å². The topological polar surface area (TPSA) is 21.3 Å². The van der Waals surface area contributed by atoms with E-state index in [1.54, 1.807) is 7.11 Å². The summed E-state index contributed by atoms with van der Waals surface area (Å²) in [5, 5.41) is 3.53. The van der Waals surface area contributed by atoms with Crippen molar-refractivity contribution in [2.45, 2.75) is 32.7 Å². The van der Waals surface area contributed by atoms with Crippen molar-refractivity contribution in [1.82, 2.24) is 5.32 Å². The smallest absolute Gasteiger partial charge is 0.122 e. The Bertz CT molecular complexity index is 364. The highest BCUT2D eigenvalue weighted by molar-refractivity contribution is 5.34. The second-order valence-electron chi connectivity index (χ2n) is 5.07. The zero-order chi connectivity index (χ0) is 11.6. The number of benzene rings is 1. The first-order valence-electron chi connectivity index (χ1n) is 6.01. The summed E-state index contributed by atoms with van der Waals surface area (Å²) in [6.45, 7) is 5.78. The number of nitrogens with one attached hydrogen (secondary N) is 1. The Hall–Kier alpha value is -1.02. The van der Waals surface area contributed by atoms with E-state index >= 15 is 0 Å². The van der Waals surface area contributed by atoms with E-state index < -0.39 is 0 Å². The van der Waals surface area contributed by atoms with Gasteiger partial charge in [-0.1, -0.05) is 25.1 Å². The summed E-state index contributed by atoms with van der Waals surface area (Å²) < 4.78 is 5.42. The van der Waals surface area contributed by atoms with Gasteiger partial charge in [0.2, 0.25) is 0 Å². The molecule has 2 rings (SSSR count). The number of hydrogen-bond donors (Lipinski definition) is 1. The zero-order valence-corrected chi connectivity index (χ0v) is 10.4. The molecule has 1 aromatic rings. The molecule has 1 N–H and O–H groups in total. The van der Waals surface area contributed by atoms with E-state index in [0.717, 1.165) is 18.7 Å². The zero-order valence-electron chi connectivity index (χ0n) is 10.4. The molecular weight excluding hydrogens is 198 g/mol. The summed E-state index contributed by atoms with van der Waals surface area (Å²) in [5.41, 5.74) is 1.68. The maximum Gasteiger partial charge on any atom is 0.122 e. The highest BCUT2D eigenvalue weighted by atomic mass is 16.5. The SMILES string of the molecule is COc1ccccc1CC1(C)CCNC1C. The Kier molecular flexibility index (Phi) is 3.20. The van der Waals surface area contributed by atoms with Crippen LogP contribution in [0.3, 0.4) is 0 Å². The molecule has 0 amide bonds. The van der Waals surface area contributed by atoms with Crippen LogP contribution in [0.4, 0.5) is 0 Å². The van der Waals surface area contributed by atoms with Crippen LogP contribution in [0.5, 0.6) is 5.75 Å². The average molecular weight is 219 g/mol. The minimum absolute atomic E-state index is 0.356. The number of ether oxygens (including phenoxy) is 1. The van der Waals surface area contributed by atoms with Crippen molar-refractivity contribution in [3.8, 4) is 5.75 Å².